The third-order valence-electron chi connectivity index (χ3n) is 3.93. The van der Waals surface area contributed by atoms with E-state index in [0.717, 1.165) is 12.8 Å². The molecule has 132 valence electrons. The molecular formula is C17H16Cl2N2O3S. The summed E-state index contributed by atoms with van der Waals surface area (Å²) in [7, 11) is -3.50. The average Bonchev–Trinajstić information content (AvgIpc) is 3.12. The van der Waals surface area contributed by atoms with Crippen LogP contribution in [0.4, 0.5) is 5.69 Å². The summed E-state index contributed by atoms with van der Waals surface area (Å²) in [5.74, 6) is -0.129. The van der Waals surface area contributed by atoms with Crippen molar-refractivity contribution in [2.24, 2.45) is 4.99 Å². The zero-order valence-electron chi connectivity index (χ0n) is 13.2. The summed E-state index contributed by atoms with van der Waals surface area (Å²) in [5.41, 5.74) is 0.807. The lowest BCUT2D eigenvalue weighted by Gasteiger charge is -2.15. The molecule has 5 nitrogen and oxygen atoms in total. The Morgan fingerprint density at radius 3 is 2.56 bits per heavy atom. The summed E-state index contributed by atoms with van der Waals surface area (Å²) >= 11 is 11.8. The van der Waals surface area contributed by atoms with Crippen LogP contribution in [0.5, 0.6) is 5.75 Å². The van der Waals surface area contributed by atoms with E-state index >= 15 is 0 Å². The smallest absolute Gasteiger partial charge is 0.243 e. The molecule has 1 saturated heterocycles. The Bertz CT molecular complexity index is 923. The fraction of sp³-hybridized carbons (Fsp3) is 0.235. The van der Waals surface area contributed by atoms with Gasteiger partial charge in [0.05, 0.1) is 15.6 Å². The van der Waals surface area contributed by atoms with Crippen molar-refractivity contribution >= 4 is 45.1 Å². The van der Waals surface area contributed by atoms with Crippen LogP contribution in [-0.4, -0.2) is 37.1 Å². The number of benzene rings is 2. The quantitative estimate of drug-likeness (QED) is 0.783. The number of aromatic hydroxyl groups is 1. The van der Waals surface area contributed by atoms with Crippen LogP contribution in [0.15, 0.2) is 46.3 Å². The lowest BCUT2D eigenvalue weighted by molar-refractivity contribution is 0.474. The van der Waals surface area contributed by atoms with Crippen molar-refractivity contribution in [1.82, 2.24) is 4.31 Å². The number of hydrogen-bond donors (Lipinski definition) is 1. The number of hydrogen-bond acceptors (Lipinski definition) is 4. The Balaban J connectivity index is 1.90. The standard InChI is InChI=1S/C17H16Cl2N2O3S/c18-13-8-12(17(22)16(19)9-13)11-20-14-4-3-5-15(10-14)25(23,24)21-6-1-2-7-21/h3-5,8-11,22H,1-2,6-7H2. The Morgan fingerprint density at radius 2 is 1.84 bits per heavy atom. The van der Waals surface area contributed by atoms with E-state index in [2.05, 4.69) is 4.99 Å². The number of phenols is 1. The third kappa shape index (κ3) is 3.98. The van der Waals surface area contributed by atoms with Crippen LogP contribution >= 0.6 is 23.2 Å². The van der Waals surface area contributed by atoms with E-state index in [1.54, 1.807) is 18.2 Å². The highest BCUT2D eigenvalue weighted by Crippen LogP contribution is 2.31. The fourth-order valence-corrected chi connectivity index (χ4v) is 4.70. The van der Waals surface area contributed by atoms with Gasteiger partial charge < -0.3 is 5.11 Å². The van der Waals surface area contributed by atoms with Crippen LogP contribution in [0.1, 0.15) is 18.4 Å². The zero-order chi connectivity index (χ0) is 18.0. The highest BCUT2D eigenvalue weighted by Gasteiger charge is 2.27. The monoisotopic (exact) mass is 398 g/mol. The van der Waals surface area contributed by atoms with Gasteiger partial charge in [-0.15, -0.1) is 0 Å². The number of rotatable bonds is 4. The van der Waals surface area contributed by atoms with Crippen molar-refractivity contribution < 1.29 is 13.5 Å². The van der Waals surface area contributed by atoms with Gasteiger partial charge in [-0.3, -0.25) is 4.99 Å². The second-order valence-electron chi connectivity index (χ2n) is 5.69. The van der Waals surface area contributed by atoms with E-state index in [9.17, 15) is 13.5 Å². The molecule has 0 saturated carbocycles. The molecule has 2 aromatic rings. The lowest BCUT2D eigenvalue weighted by atomic mass is 10.2. The SMILES string of the molecule is O=S(=O)(c1cccc(N=Cc2cc(Cl)cc(Cl)c2O)c1)N1CCCC1. The molecule has 25 heavy (non-hydrogen) atoms. The zero-order valence-corrected chi connectivity index (χ0v) is 15.5. The summed E-state index contributed by atoms with van der Waals surface area (Å²) in [5, 5.41) is 10.4. The summed E-state index contributed by atoms with van der Waals surface area (Å²) in [6.07, 6.45) is 3.16. The van der Waals surface area contributed by atoms with Gasteiger partial charge in [-0.1, -0.05) is 29.3 Å². The maximum absolute atomic E-state index is 12.6. The van der Waals surface area contributed by atoms with Crippen LogP contribution in [-0.2, 0) is 10.0 Å². The van der Waals surface area contributed by atoms with Gasteiger partial charge in [0.1, 0.15) is 5.75 Å². The van der Waals surface area contributed by atoms with Gasteiger partial charge in [-0.05, 0) is 43.2 Å². The van der Waals surface area contributed by atoms with Crippen LogP contribution in [0, 0.1) is 0 Å². The lowest BCUT2D eigenvalue weighted by Crippen LogP contribution is -2.27. The molecule has 1 aliphatic heterocycles. The molecule has 0 aliphatic carbocycles. The summed E-state index contributed by atoms with van der Waals surface area (Å²) < 4.78 is 26.7. The summed E-state index contributed by atoms with van der Waals surface area (Å²) in [4.78, 5) is 4.44. The predicted molar refractivity (Wildman–Crippen MR) is 99.8 cm³/mol. The number of phenolic OH excluding ortho intramolecular Hbond substituents is 1. The van der Waals surface area contributed by atoms with E-state index in [-0.39, 0.29) is 15.7 Å². The molecule has 0 radical (unpaired) electrons. The highest BCUT2D eigenvalue weighted by molar-refractivity contribution is 7.89. The molecule has 1 heterocycles. The minimum Gasteiger partial charge on any atom is -0.506 e. The van der Waals surface area contributed by atoms with Crippen LogP contribution in [0.25, 0.3) is 0 Å². The molecule has 0 bridgehead atoms. The number of sulfonamides is 1. The van der Waals surface area contributed by atoms with Gasteiger partial charge in [-0.2, -0.15) is 4.31 Å². The maximum atomic E-state index is 12.6. The molecule has 8 heteroatoms. The maximum Gasteiger partial charge on any atom is 0.243 e. The van der Waals surface area contributed by atoms with Gasteiger partial charge in [0.25, 0.3) is 0 Å². The first-order valence-corrected chi connectivity index (χ1v) is 9.90. The molecule has 0 spiro atoms. The predicted octanol–water partition coefficient (Wildman–Crippen LogP) is 4.23. The first kappa shape index (κ1) is 18.2. The van der Waals surface area contributed by atoms with Crippen LogP contribution < -0.4 is 0 Å². The second kappa shape index (κ2) is 7.33. The largest absolute Gasteiger partial charge is 0.506 e. The topological polar surface area (TPSA) is 70.0 Å². The van der Waals surface area contributed by atoms with E-state index < -0.39 is 10.0 Å². The van der Waals surface area contributed by atoms with Crippen molar-refractivity contribution in [2.75, 3.05) is 13.1 Å². The molecule has 2 aromatic carbocycles. The highest BCUT2D eigenvalue weighted by atomic mass is 35.5. The van der Waals surface area contributed by atoms with Crippen LogP contribution in [0.3, 0.4) is 0 Å². The normalized spacial score (nSPS) is 15.9. The number of nitrogens with zero attached hydrogens (tertiary/aromatic N) is 2. The summed E-state index contributed by atoms with van der Waals surface area (Å²) in [6, 6.07) is 9.34. The second-order valence-corrected chi connectivity index (χ2v) is 8.47. The van der Waals surface area contributed by atoms with Crippen molar-refractivity contribution in [1.29, 1.82) is 0 Å². The molecular weight excluding hydrogens is 383 g/mol. The Labute approximate surface area is 156 Å². The molecule has 0 atom stereocenters. The Kier molecular flexibility index (Phi) is 5.34. The fourth-order valence-electron chi connectivity index (χ4n) is 2.63. The number of halogens is 2. The third-order valence-corrected chi connectivity index (χ3v) is 6.33. The van der Waals surface area contributed by atoms with Crippen LogP contribution in [0.2, 0.25) is 10.0 Å². The Hall–Kier alpha value is -1.60. The van der Waals surface area contributed by atoms with Gasteiger partial charge in [0, 0.05) is 29.9 Å². The van der Waals surface area contributed by atoms with Gasteiger partial charge in [0.15, 0.2) is 0 Å². The molecule has 0 unspecified atom stereocenters. The van der Waals surface area contributed by atoms with E-state index in [1.165, 1.54) is 28.7 Å². The van der Waals surface area contributed by atoms with E-state index in [4.69, 9.17) is 23.2 Å². The van der Waals surface area contributed by atoms with Crippen molar-refractivity contribution in [3.05, 3.63) is 52.0 Å². The minimum atomic E-state index is -3.50. The molecule has 1 fully saturated rings. The van der Waals surface area contributed by atoms with Gasteiger partial charge >= 0.3 is 0 Å². The van der Waals surface area contributed by atoms with Crippen molar-refractivity contribution in [3.63, 3.8) is 0 Å². The number of aliphatic imine (C=N–C) groups is 1. The average molecular weight is 399 g/mol. The molecule has 0 amide bonds. The summed E-state index contributed by atoms with van der Waals surface area (Å²) in [6.45, 7) is 1.09. The van der Waals surface area contributed by atoms with Crippen molar-refractivity contribution in [3.8, 4) is 5.75 Å². The molecule has 3 rings (SSSR count). The van der Waals surface area contributed by atoms with E-state index in [1.807, 2.05) is 0 Å². The molecule has 1 aliphatic rings. The first-order valence-electron chi connectivity index (χ1n) is 7.70. The van der Waals surface area contributed by atoms with Gasteiger partial charge in [0.2, 0.25) is 10.0 Å². The minimum absolute atomic E-state index is 0.124. The van der Waals surface area contributed by atoms with Crippen molar-refractivity contribution in [2.45, 2.75) is 17.7 Å². The van der Waals surface area contributed by atoms with Gasteiger partial charge in [-0.25, -0.2) is 8.42 Å². The molecule has 0 aromatic heterocycles. The first-order chi connectivity index (χ1) is 11.9. The molecule has 1 N–H and O–H groups in total. The Morgan fingerprint density at radius 1 is 1.12 bits per heavy atom. The van der Waals surface area contributed by atoms with E-state index in [0.29, 0.717) is 29.4 Å².